The minimum absolute atomic E-state index is 0.146. The van der Waals surface area contributed by atoms with Gasteiger partial charge in [0.25, 0.3) is 0 Å². The van der Waals surface area contributed by atoms with E-state index < -0.39 is 0 Å². The molecule has 0 amide bonds. The summed E-state index contributed by atoms with van der Waals surface area (Å²) in [6, 6.07) is 9.27. The lowest BCUT2D eigenvalue weighted by atomic mass is 10.0. The van der Waals surface area contributed by atoms with Gasteiger partial charge in [-0.1, -0.05) is 32.0 Å². The lowest BCUT2D eigenvalue weighted by Crippen LogP contribution is -2.30. The molecule has 18 heavy (non-hydrogen) atoms. The highest BCUT2D eigenvalue weighted by atomic mass is 16.6. The van der Waals surface area contributed by atoms with Gasteiger partial charge in [0.05, 0.1) is 6.42 Å². The van der Waals surface area contributed by atoms with E-state index in [0.29, 0.717) is 6.61 Å². The summed E-state index contributed by atoms with van der Waals surface area (Å²) in [6.07, 6.45) is 0.253. The van der Waals surface area contributed by atoms with Crippen LogP contribution < -0.4 is 10.5 Å². The average molecular weight is 251 g/mol. The number of benzene rings is 1. The van der Waals surface area contributed by atoms with E-state index in [2.05, 4.69) is 0 Å². The second-order valence-corrected chi connectivity index (χ2v) is 4.49. The minimum Gasteiger partial charge on any atom is -0.490 e. The van der Waals surface area contributed by atoms with Crippen molar-refractivity contribution in [3.8, 4) is 5.75 Å². The van der Waals surface area contributed by atoms with Crippen LogP contribution in [0.25, 0.3) is 0 Å². The largest absolute Gasteiger partial charge is 0.490 e. The third kappa shape index (κ3) is 5.68. The predicted molar refractivity (Wildman–Crippen MR) is 70.3 cm³/mol. The van der Waals surface area contributed by atoms with Crippen molar-refractivity contribution in [3.63, 3.8) is 0 Å². The van der Waals surface area contributed by atoms with Gasteiger partial charge in [0.2, 0.25) is 0 Å². The molecule has 0 aliphatic carbocycles. The number of ether oxygens (including phenoxy) is 2. The smallest absolute Gasteiger partial charge is 0.307 e. The van der Waals surface area contributed by atoms with Gasteiger partial charge in [-0.05, 0) is 18.1 Å². The first-order chi connectivity index (χ1) is 8.59. The molecule has 1 aromatic rings. The molecule has 0 aliphatic rings. The van der Waals surface area contributed by atoms with Crippen molar-refractivity contribution in [2.24, 2.45) is 11.7 Å². The molecule has 1 unspecified atom stereocenters. The van der Waals surface area contributed by atoms with Crippen LogP contribution >= 0.6 is 0 Å². The number of esters is 1. The Labute approximate surface area is 108 Å². The van der Waals surface area contributed by atoms with E-state index in [-0.39, 0.29) is 31.0 Å². The molecule has 0 saturated carbocycles. The van der Waals surface area contributed by atoms with E-state index in [9.17, 15) is 4.79 Å². The topological polar surface area (TPSA) is 61.6 Å². The van der Waals surface area contributed by atoms with Crippen molar-refractivity contribution in [1.29, 1.82) is 0 Å². The Bertz CT molecular complexity index is 351. The van der Waals surface area contributed by atoms with Crippen LogP contribution in [0.1, 0.15) is 20.3 Å². The quantitative estimate of drug-likeness (QED) is 0.594. The number of hydrogen-bond acceptors (Lipinski definition) is 4. The summed E-state index contributed by atoms with van der Waals surface area (Å²) in [5.74, 6) is 0.776. The van der Waals surface area contributed by atoms with Crippen LogP contribution in [0.5, 0.6) is 5.75 Å². The molecule has 0 saturated heterocycles. The van der Waals surface area contributed by atoms with Gasteiger partial charge >= 0.3 is 5.97 Å². The summed E-state index contributed by atoms with van der Waals surface area (Å²) in [7, 11) is 0. The van der Waals surface area contributed by atoms with Crippen LogP contribution in [0, 0.1) is 5.92 Å². The van der Waals surface area contributed by atoms with Gasteiger partial charge in [0.15, 0.2) is 0 Å². The first-order valence-electron chi connectivity index (χ1n) is 6.18. The third-order valence-corrected chi connectivity index (χ3v) is 2.62. The highest BCUT2D eigenvalue weighted by Gasteiger charge is 2.13. The fraction of sp³-hybridized carbons (Fsp3) is 0.500. The lowest BCUT2D eigenvalue weighted by Gasteiger charge is -2.14. The highest BCUT2D eigenvalue weighted by molar-refractivity contribution is 5.70. The molecule has 1 aromatic carbocycles. The number of carbonyl (C=O) groups is 1. The second kappa shape index (κ2) is 7.71. The standard InChI is InChI=1S/C14H21NO3/c1-11(2)13(15)10-14(16)18-9-8-17-12-6-4-3-5-7-12/h3-7,11,13H,8-10,15H2,1-2H3. The zero-order valence-electron chi connectivity index (χ0n) is 11.0. The molecule has 4 heteroatoms. The monoisotopic (exact) mass is 251 g/mol. The Balaban J connectivity index is 2.13. The van der Waals surface area contributed by atoms with Gasteiger partial charge in [-0.25, -0.2) is 0 Å². The SMILES string of the molecule is CC(C)C(N)CC(=O)OCCOc1ccccc1. The Morgan fingerprint density at radius 3 is 2.50 bits per heavy atom. The molecule has 0 bridgehead atoms. The van der Waals surface area contributed by atoms with Crippen LogP contribution in [0.3, 0.4) is 0 Å². The highest BCUT2D eigenvalue weighted by Crippen LogP contribution is 2.08. The van der Waals surface area contributed by atoms with E-state index in [0.717, 1.165) is 5.75 Å². The minimum atomic E-state index is -0.270. The molecule has 0 spiro atoms. The number of rotatable bonds is 7. The first kappa shape index (κ1) is 14.5. The summed E-state index contributed by atoms with van der Waals surface area (Å²) in [6.45, 7) is 4.57. The van der Waals surface area contributed by atoms with Crippen LogP contribution in [0.4, 0.5) is 0 Å². The van der Waals surface area contributed by atoms with Crippen molar-refractivity contribution in [1.82, 2.24) is 0 Å². The van der Waals surface area contributed by atoms with Gasteiger partial charge in [0.1, 0.15) is 19.0 Å². The first-order valence-corrected chi connectivity index (χ1v) is 6.18. The number of carbonyl (C=O) groups excluding carboxylic acids is 1. The van der Waals surface area contributed by atoms with E-state index in [1.165, 1.54) is 0 Å². The van der Waals surface area contributed by atoms with E-state index >= 15 is 0 Å². The van der Waals surface area contributed by atoms with E-state index in [1.54, 1.807) is 0 Å². The van der Waals surface area contributed by atoms with Crippen LogP contribution in [-0.2, 0) is 9.53 Å². The van der Waals surface area contributed by atoms with Crippen molar-refractivity contribution in [2.75, 3.05) is 13.2 Å². The van der Waals surface area contributed by atoms with Gasteiger partial charge in [-0.15, -0.1) is 0 Å². The molecule has 0 heterocycles. The fourth-order valence-corrected chi connectivity index (χ4v) is 1.32. The maximum absolute atomic E-state index is 11.4. The summed E-state index contributed by atoms with van der Waals surface area (Å²) in [4.78, 5) is 11.4. The zero-order chi connectivity index (χ0) is 13.4. The van der Waals surface area contributed by atoms with Crippen molar-refractivity contribution in [3.05, 3.63) is 30.3 Å². The van der Waals surface area contributed by atoms with Crippen molar-refractivity contribution in [2.45, 2.75) is 26.3 Å². The summed E-state index contributed by atoms with van der Waals surface area (Å²) in [5, 5.41) is 0. The zero-order valence-corrected chi connectivity index (χ0v) is 11.0. The van der Waals surface area contributed by atoms with Crippen molar-refractivity contribution >= 4 is 5.97 Å². The average Bonchev–Trinajstić information content (AvgIpc) is 2.35. The third-order valence-electron chi connectivity index (χ3n) is 2.62. The Morgan fingerprint density at radius 1 is 1.22 bits per heavy atom. The molecule has 100 valence electrons. The molecule has 0 radical (unpaired) electrons. The van der Waals surface area contributed by atoms with E-state index in [1.807, 2.05) is 44.2 Å². The Kier molecular flexibility index (Phi) is 6.22. The van der Waals surface area contributed by atoms with Gasteiger partial charge in [-0.2, -0.15) is 0 Å². The van der Waals surface area contributed by atoms with E-state index in [4.69, 9.17) is 15.2 Å². The fourth-order valence-electron chi connectivity index (χ4n) is 1.32. The normalized spacial score (nSPS) is 12.2. The summed E-state index contributed by atoms with van der Waals surface area (Å²) < 4.78 is 10.4. The van der Waals surface area contributed by atoms with Crippen LogP contribution in [-0.4, -0.2) is 25.2 Å². The molecular weight excluding hydrogens is 230 g/mol. The van der Waals surface area contributed by atoms with Gasteiger partial charge in [-0.3, -0.25) is 4.79 Å². The lowest BCUT2D eigenvalue weighted by molar-refractivity contribution is -0.145. The Morgan fingerprint density at radius 2 is 1.89 bits per heavy atom. The predicted octanol–water partition coefficient (Wildman–Crippen LogP) is 1.98. The van der Waals surface area contributed by atoms with Crippen LogP contribution in [0.15, 0.2) is 30.3 Å². The molecule has 4 nitrogen and oxygen atoms in total. The van der Waals surface area contributed by atoms with Gasteiger partial charge < -0.3 is 15.2 Å². The number of hydrogen-bond donors (Lipinski definition) is 1. The molecule has 0 aromatic heterocycles. The molecule has 2 N–H and O–H groups in total. The number of para-hydroxylation sites is 1. The maximum atomic E-state index is 11.4. The van der Waals surface area contributed by atoms with Crippen molar-refractivity contribution < 1.29 is 14.3 Å². The van der Waals surface area contributed by atoms with Crippen LogP contribution in [0.2, 0.25) is 0 Å². The molecule has 1 rings (SSSR count). The maximum Gasteiger partial charge on any atom is 0.307 e. The van der Waals surface area contributed by atoms with Gasteiger partial charge in [0, 0.05) is 6.04 Å². The summed E-state index contributed by atoms with van der Waals surface area (Å²) >= 11 is 0. The molecule has 0 fully saturated rings. The second-order valence-electron chi connectivity index (χ2n) is 4.49. The molecular formula is C14H21NO3. The number of nitrogens with two attached hydrogens (primary N) is 1. The molecule has 0 aliphatic heterocycles. The molecule has 1 atom stereocenters. The Hall–Kier alpha value is -1.55. The summed E-state index contributed by atoms with van der Waals surface area (Å²) in [5.41, 5.74) is 5.78.